The smallest absolute Gasteiger partial charge is 0.216 e. The molecule has 2 aromatic rings. The molecule has 0 saturated carbocycles. The minimum absolute atomic E-state index is 0.0202. The number of nitrogens with one attached hydrogen (secondary N) is 1. The highest BCUT2D eigenvalue weighted by molar-refractivity contribution is 5.72. The van der Waals surface area contributed by atoms with Gasteiger partial charge in [-0.15, -0.1) is 0 Å². The van der Waals surface area contributed by atoms with Gasteiger partial charge in [0.25, 0.3) is 0 Å². The number of hydrogen-bond donors (Lipinski definition) is 1. The minimum Gasteiger partial charge on any atom is -0.494 e. The summed E-state index contributed by atoms with van der Waals surface area (Å²) in [6, 6.07) is 14.7. The maximum atomic E-state index is 13.9. The molecule has 1 aliphatic heterocycles. The Morgan fingerprint density at radius 1 is 1.09 bits per heavy atom. The predicted molar refractivity (Wildman–Crippen MR) is 126 cm³/mol. The first-order valence-electron chi connectivity index (χ1n) is 11.6. The Morgan fingerprint density at radius 3 is 2.61 bits per heavy atom. The van der Waals surface area contributed by atoms with Gasteiger partial charge in [-0.2, -0.15) is 0 Å². The van der Waals surface area contributed by atoms with Crippen LogP contribution in [-0.4, -0.2) is 56.4 Å². The van der Waals surface area contributed by atoms with Gasteiger partial charge in [0.2, 0.25) is 5.91 Å². The second kappa shape index (κ2) is 12.6. The van der Waals surface area contributed by atoms with E-state index in [-0.39, 0.29) is 17.5 Å². The van der Waals surface area contributed by atoms with E-state index in [2.05, 4.69) is 22.3 Å². The van der Waals surface area contributed by atoms with Crippen LogP contribution >= 0.6 is 0 Å². The number of para-hydroxylation sites is 1. The molecule has 1 aliphatic rings. The molecule has 33 heavy (non-hydrogen) atoms. The second-order valence-corrected chi connectivity index (χ2v) is 8.56. The summed E-state index contributed by atoms with van der Waals surface area (Å²) in [5.74, 6) is 0.737. The first kappa shape index (κ1) is 25.0. The summed E-state index contributed by atoms with van der Waals surface area (Å²) < 4.78 is 31.4. The molecule has 1 heterocycles. The van der Waals surface area contributed by atoms with E-state index >= 15 is 0 Å². The highest BCUT2D eigenvalue weighted by Gasteiger charge is 2.33. The molecule has 0 bridgehead atoms. The molecule has 180 valence electrons. The number of nitrogens with zero attached hydrogens (tertiary/aromatic N) is 1. The van der Waals surface area contributed by atoms with Gasteiger partial charge in [0.05, 0.1) is 6.61 Å². The van der Waals surface area contributed by atoms with Crippen molar-refractivity contribution in [3.63, 3.8) is 0 Å². The number of carbonyl (C=O) groups excluding carboxylic acids is 1. The zero-order valence-corrected chi connectivity index (χ0v) is 19.6. The van der Waals surface area contributed by atoms with Crippen molar-refractivity contribution in [2.45, 2.75) is 44.8 Å². The van der Waals surface area contributed by atoms with Gasteiger partial charge in [0, 0.05) is 33.7 Å². The number of methoxy groups -OCH3 is 1. The van der Waals surface area contributed by atoms with Gasteiger partial charge in [0.1, 0.15) is 18.0 Å². The van der Waals surface area contributed by atoms with Crippen LogP contribution < -0.4 is 14.8 Å². The molecule has 2 aromatic carbocycles. The van der Waals surface area contributed by atoms with Gasteiger partial charge in [-0.25, -0.2) is 4.39 Å². The number of hydrogen-bond acceptors (Lipinski definition) is 5. The van der Waals surface area contributed by atoms with Gasteiger partial charge in [0.15, 0.2) is 11.6 Å². The number of ether oxygens (including phenoxy) is 3. The number of rotatable bonds is 11. The lowest BCUT2D eigenvalue weighted by Gasteiger charge is -2.31. The van der Waals surface area contributed by atoms with Crippen LogP contribution in [0.5, 0.6) is 11.5 Å². The van der Waals surface area contributed by atoms with Crippen LogP contribution in [0.4, 0.5) is 4.39 Å². The van der Waals surface area contributed by atoms with Crippen LogP contribution in [0, 0.1) is 5.82 Å². The third kappa shape index (κ3) is 8.02. The molecule has 1 fully saturated rings. The predicted octanol–water partition coefficient (Wildman–Crippen LogP) is 4.18. The van der Waals surface area contributed by atoms with Gasteiger partial charge in [-0.05, 0) is 62.1 Å². The fraction of sp³-hybridized carbons (Fsp3) is 0.500. The van der Waals surface area contributed by atoms with E-state index in [1.54, 1.807) is 25.3 Å². The van der Waals surface area contributed by atoms with Gasteiger partial charge in [-0.3, -0.25) is 9.69 Å². The van der Waals surface area contributed by atoms with Crippen LogP contribution in [0.25, 0.3) is 0 Å². The van der Waals surface area contributed by atoms with E-state index in [1.165, 1.54) is 18.6 Å². The minimum atomic E-state index is -0.411. The van der Waals surface area contributed by atoms with Crippen LogP contribution in [-0.2, 0) is 16.1 Å². The average molecular weight is 459 g/mol. The summed E-state index contributed by atoms with van der Waals surface area (Å²) in [4.78, 5) is 13.3. The molecular weight excluding hydrogens is 423 g/mol. The lowest BCUT2D eigenvalue weighted by Crippen LogP contribution is -2.39. The summed E-state index contributed by atoms with van der Waals surface area (Å²) in [7, 11) is 1.72. The monoisotopic (exact) mass is 458 g/mol. The first-order chi connectivity index (χ1) is 16.0. The van der Waals surface area contributed by atoms with Crippen molar-refractivity contribution in [1.82, 2.24) is 10.2 Å². The molecule has 1 N–H and O–H groups in total. The van der Waals surface area contributed by atoms with Crippen LogP contribution in [0.15, 0.2) is 48.5 Å². The van der Waals surface area contributed by atoms with Crippen LogP contribution in [0.1, 0.15) is 38.2 Å². The van der Waals surface area contributed by atoms with Crippen LogP contribution in [0.3, 0.4) is 0 Å². The van der Waals surface area contributed by atoms with Crippen molar-refractivity contribution in [3.05, 3.63) is 59.9 Å². The number of halogens is 1. The first-order valence-corrected chi connectivity index (χ1v) is 11.6. The van der Waals surface area contributed by atoms with Gasteiger partial charge >= 0.3 is 0 Å². The standard InChI is InChI=1S/C26H35FN2O4/c1-21(30)28-15-6-18-32-23-11-9-22(10-12-23)19-29-16-5-13-26(31-2,14-17-29)20-33-25-8-4-3-7-24(25)27/h3-4,7-12H,5-6,13-20H2,1-2H3,(H,28,30)/t26-/m0/s1. The molecule has 1 amide bonds. The Labute approximate surface area is 196 Å². The van der Waals surface area contributed by atoms with Crippen molar-refractivity contribution in [3.8, 4) is 11.5 Å². The Bertz CT molecular complexity index is 877. The molecule has 1 atom stereocenters. The highest BCUT2D eigenvalue weighted by atomic mass is 19.1. The fourth-order valence-electron chi connectivity index (χ4n) is 4.04. The topological polar surface area (TPSA) is 60.0 Å². The summed E-state index contributed by atoms with van der Waals surface area (Å²) >= 11 is 0. The van der Waals surface area contributed by atoms with Crippen molar-refractivity contribution in [2.24, 2.45) is 0 Å². The SMILES string of the molecule is CO[C@@]1(COc2ccccc2F)CCCN(Cc2ccc(OCCCNC(C)=O)cc2)CC1. The largest absolute Gasteiger partial charge is 0.494 e. The summed E-state index contributed by atoms with van der Waals surface area (Å²) in [5.41, 5.74) is 0.819. The lowest BCUT2D eigenvalue weighted by atomic mass is 9.95. The van der Waals surface area contributed by atoms with E-state index in [4.69, 9.17) is 14.2 Å². The number of benzene rings is 2. The molecule has 7 heteroatoms. The number of amides is 1. The summed E-state index contributed by atoms with van der Waals surface area (Å²) in [6.07, 6.45) is 3.47. The van der Waals surface area contributed by atoms with Crippen molar-refractivity contribution in [2.75, 3.05) is 40.0 Å². The maximum absolute atomic E-state index is 13.9. The molecule has 0 aromatic heterocycles. The van der Waals surface area contributed by atoms with E-state index in [0.29, 0.717) is 19.8 Å². The summed E-state index contributed by atoms with van der Waals surface area (Å²) in [6.45, 7) is 5.76. The highest BCUT2D eigenvalue weighted by Crippen LogP contribution is 2.29. The molecule has 6 nitrogen and oxygen atoms in total. The van der Waals surface area contributed by atoms with E-state index < -0.39 is 5.60 Å². The number of likely N-dealkylation sites (tertiary alicyclic amines) is 1. The van der Waals surface area contributed by atoms with Crippen LogP contribution in [0.2, 0.25) is 0 Å². The molecule has 1 saturated heterocycles. The second-order valence-electron chi connectivity index (χ2n) is 8.56. The van der Waals surface area contributed by atoms with Gasteiger partial charge < -0.3 is 19.5 Å². The van der Waals surface area contributed by atoms with E-state index in [1.807, 2.05) is 12.1 Å². The zero-order chi connectivity index (χ0) is 23.5. The van der Waals surface area contributed by atoms with Gasteiger partial charge in [-0.1, -0.05) is 24.3 Å². The van der Waals surface area contributed by atoms with Crippen molar-refractivity contribution in [1.29, 1.82) is 0 Å². The fourth-order valence-corrected chi connectivity index (χ4v) is 4.04. The maximum Gasteiger partial charge on any atom is 0.216 e. The third-order valence-electron chi connectivity index (χ3n) is 6.04. The zero-order valence-electron chi connectivity index (χ0n) is 19.6. The Morgan fingerprint density at radius 2 is 1.88 bits per heavy atom. The van der Waals surface area contributed by atoms with E-state index in [9.17, 15) is 9.18 Å². The average Bonchev–Trinajstić information content (AvgIpc) is 3.02. The molecule has 0 unspecified atom stereocenters. The quantitative estimate of drug-likeness (QED) is 0.512. The third-order valence-corrected chi connectivity index (χ3v) is 6.04. The molecule has 3 rings (SSSR count). The molecule has 0 aliphatic carbocycles. The van der Waals surface area contributed by atoms with Crippen molar-refractivity contribution < 1.29 is 23.4 Å². The molecule has 0 radical (unpaired) electrons. The summed E-state index contributed by atoms with van der Waals surface area (Å²) in [5, 5.41) is 2.76. The number of carbonyl (C=O) groups is 1. The Kier molecular flexibility index (Phi) is 9.51. The Balaban J connectivity index is 1.46. The lowest BCUT2D eigenvalue weighted by molar-refractivity contribution is -0.118. The molecular formula is C26H35FN2O4. The van der Waals surface area contributed by atoms with E-state index in [0.717, 1.165) is 51.1 Å². The Hall–Kier alpha value is -2.64. The van der Waals surface area contributed by atoms with Crippen molar-refractivity contribution >= 4 is 5.91 Å². The normalized spacial score (nSPS) is 19.0. The molecule has 0 spiro atoms.